The number of nitrogens with zero attached hydrogens (tertiary/aromatic N) is 4. The second-order valence-corrected chi connectivity index (χ2v) is 8.27. The number of thioether (sulfide) groups is 1. The Morgan fingerprint density at radius 1 is 1.26 bits per heavy atom. The fraction of sp³-hybridized carbons (Fsp3) is 0.333. The minimum Gasteiger partial charge on any atom is -0.486 e. The highest BCUT2D eigenvalue weighted by atomic mass is 32.2. The summed E-state index contributed by atoms with van der Waals surface area (Å²) in [6.45, 7) is 0.368. The van der Waals surface area contributed by atoms with E-state index in [2.05, 4.69) is 26.2 Å². The Labute approximate surface area is 164 Å². The maximum Gasteiger partial charge on any atom is 0.310 e. The van der Waals surface area contributed by atoms with Crippen molar-refractivity contribution in [1.82, 2.24) is 14.8 Å². The van der Waals surface area contributed by atoms with Crippen LogP contribution in [-0.4, -0.2) is 32.0 Å². The quantitative estimate of drug-likeness (QED) is 0.229. The molecule has 0 saturated heterocycles. The maximum atomic E-state index is 11.0. The van der Waals surface area contributed by atoms with Gasteiger partial charge in [0, 0.05) is 29.2 Å². The molecule has 0 N–H and O–H groups in total. The first-order valence-corrected chi connectivity index (χ1v) is 10.5. The highest BCUT2D eigenvalue weighted by Crippen LogP contribution is 2.39. The number of nitro groups is 1. The number of ether oxygens (including phenoxy) is 1. The standard InChI is InChI=1S/C18H18N4O3S2/c23-22(24)15-5-1-2-6-16(15)25-9-11-27-18-20-19-17(21(18)13-7-8-13)12-14-4-3-10-26-14/h1-6,10,13H,7-9,11-12H2. The molecule has 0 bridgehead atoms. The van der Waals surface area contributed by atoms with Crippen LogP contribution in [0, 0.1) is 10.1 Å². The van der Waals surface area contributed by atoms with Gasteiger partial charge >= 0.3 is 5.69 Å². The van der Waals surface area contributed by atoms with Crippen LogP contribution in [0.15, 0.2) is 46.9 Å². The molecule has 1 aromatic carbocycles. The van der Waals surface area contributed by atoms with Crippen LogP contribution < -0.4 is 4.74 Å². The lowest BCUT2D eigenvalue weighted by molar-refractivity contribution is -0.385. The van der Waals surface area contributed by atoms with Crippen LogP contribution in [0.4, 0.5) is 5.69 Å². The van der Waals surface area contributed by atoms with Gasteiger partial charge in [0.15, 0.2) is 10.9 Å². The monoisotopic (exact) mass is 402 g/mol. The average Bonchev–Trinajstić information content (AvgIpc) is 3.22. The van der Waals surface area contributed by atoms with Gasteiger partial charge in [0.25, 0.3) is 0 Å². The number of rotatable bonds is 9. The number of hydrogen-bond donors (Lipinski definition) is 0. The second kappa shape index (κ2) is 8.10. The van der Waals surface area contributed by atoms with Crippen molar-refractivity contribution in [3.63, 3.8) is 0 Å². The predicted molar refractivity (Wildman–Crippen MR) is 105 cm³/mol. The summed E-state index contributed by atoms with van der Waals surface area (Å²) < 4.78 is 7.86. The van der Waals surface area contributed by atoms with Gasteiger partial charge in [0.1, 0.15) is 5.82 Å². The summed E-state index contributed by atoms with van der Waals surface area (Å²) in [5.41, 5.74) is -0.0121. The van der Waals surface area contributed by atoms with E-state index in [0.717, 1.165) is 30.2 Å². The molecule has 9 heteroatoms. The molecule has 7 nitrogen and oxygen atoms in total. The van der Waals surface area contributed by atoms with Gasteiger partial charge in [-0.05, 0) is 30.4 Å². The molecule has 0 unspecified atom stereocenters. The molecule has 1 aliphatic rings. The van der Waals surface area contributed by atoms with Gasteiger partial charge < -0.3 is 9.30 Å². The summed E-state index contributed by atoms with van der Waals surface area (Å²) >= 11 is 3.31. The van der Waals surface area contributed by atoms with E-state index in [4.69, 9.17) is 4.74 Å². The number of nitro benzene ring substituents is 1. The van der Waals surface area contributed by atoms with E-state index in [1.54, 1.807) is 41.3 Å². The summed E-state index contributed by atoms with van der Waals surface area (Å²) in [6, 6.07) is 11.1. The molecule has 3 aromatic rings. The van der Waals surface area contributed by atoms with E-state index in [9.17, 15) is 10.1 Å². The van der Waals surface area contributed by atoms with Crippen molar-refractivity contribution in [2.24, 2.45) is 0 Å². The van der Waals surface area contributed by atoms with Gasteiger partial charge in [-0.3, -0.25) is 10.1 Å². The smallest absolute Gasteiger partial charge is 0.310 e. The molecule has 2 aromatic heterocycles. The lowest BCUT2D eigenvalue weighted by Crippen LogP contribution is -2.06. The Balaban J connectivity index is 1.38. The Bertz CT molecular complexity index is 923. The van der Waals surface area contributed by atoms with Crippen molar-refractivity contribution >= 4 is 28.8 Å². The average molecular weight is 403 g/mol. The van der Waals surface area contributed by atoms with Crippen LogP contribution in [0.3, 0.4) is 0 Å². The Morgan fingerprint density at radius 2 is 2.11 bits per heavy atom. The first-order valence-electron chi connectivity index (χ1n) is 8.67. The first kappa shape index (κ1) is 18.0. The topological polar surface area (TPSA) is 83.1 Å². The van der Waals surface area contributed by atoms with Gasteiger partial charge in [-0.1, -0.05) is 30.0 Å². The molecule has 0 radical (unpaired) electrons. The molecule has 1 saturated carbocycles. The summed E-state index contributed by atoms with van der Waals surface area (Å²) in [6.07, 6.45) is 3.12. The number of para-hydroxylation sites is 2. The van der Waals surface area contributed by atoms with Crippen molar-refractivity contribution in [2.75, 3.05) is 12.4 Å². The fourth-order valence-electron chi connectivity index (χ4n) is 2.81. The third-order valence-electron chi connectivity index (χ3n) is 4.19. The molecule has 4 rings (SSSR count). The van der Waals surface area contributed by atoms with Crippen LogP contribution >= 0.6 is 23.1 Å². The Kier molecular flexibility index (Phi) is 5.40. The largest absolute Gasteiger partial charge is 0.486 e. The lowest BCUT2D eigenvalue weighted by Gasteiger charge is -2.09. The van der Waals surface area contributed by atoms with E-state index >= 15 is 0 Å². The molecule has 0 spiro atoms. The third-order valence-corrected chi connectivity index (χ3v) is 5.98. The molecule has 27 heavy (non-hydrogen) atoms. The van der Waals surface area contributed by atoms with Crippen LogP contribution in [0.1, 0.15) is 29.6 Å². The second-order valence-electron chi connectivity index (χ2n) is 6.18. The van der Waals surface area contributed by atoms with E-state index in [-0.39, 0.29) is 5.69 Å². The Hall–Kier alpha value is -2.39. The molecule has 1 fully saturated rings. The normalized spacial score (nSPS) is 13.6. The Morgan fingerprint density at radius 3 is 2.85 bits per heavy atom. The zero-order chi connectivity index (χ0) is 18.6. The number of thiophene rings is 1. The molecule has 0 aliphatic heterocycles. The van der Waals surface area contributed by atoms with Crippen molar-refractivity contribution in [3.8, 4) is 5.75 Å². The number of hydrogen-bond acceptors (Lipinski definition) is 7. The van der Waals surface area contributed by atoms with Crippen molar-refractivity contribution < 1.29 is 9.66 Å². The summed E-state index contributed by atoms with van der Waals surface area (Å²) in [7, 11) is 0. The van der Waals surface area contributed by atoms with Crippen LogP contribution in [-0.2, 0) is 6.42 Å². The van der Waals surface area contributed by atoms with Gasteiger partial charge in [-0.25, -0.2) is 0 Å². The minimum atomic E-state index is -0.428. The van der Waals surface area contributed by atoms with Gasteiger partial charge in [-0.15, -0.1) is 21.5 Å². The highest BCUT2D eigenvalue weighted by molar-refractivity contribution is 7.99. The maximum absolute atomic E-state index is 11.0. The molecule has 1 aliphatic carbocycles. The summed E-state index contributed by atoms with van der Waals surface area (Å²) in [5, 5.41) is 22.8. The van der Waals surface area contributed by atoms with Crippen LogP contribution in [0.25, 0.3) is 0 Å². The predicted octanol–water partition coefficient (Wildman–Crippen LogP) is 4.34. The zero-order valence-corrected chi connectivity index (χ0v) is 16.1. The van der Waals surface area contributed by atoms with E-state index in [1.165, 1.54) is 10.9 Å². The van der Waals surface area contributed by atoms with E-state index in [1.807, 2.05) is 6.07 Å². The molecule has 0 amide bonds. The molecule has 140 valence electrons. The minimum absolute atomic E-state index is 0.0121. The van der Waals surface area contributed by atoms with Crippen molar-refractivity contribution in [1.29, 1.82) is 0 Å². The zero-order valence-electron chi connectivity index (χ0n) is 14.5. The van der Waals surface area contributed by atoms with E-state index in [0.29, 0.717) is 24.2 Å². The first-order chi connectivity index (χ1) is 13.2. The van der Waals surface area contributed by atoms with Crippen LogP contribution in [0.2, 0.25) is 0 Å². The number of benzene rings is 1. The molecular weight excluding hydrogens is 384 g/mol. The molecular formula is C18H18N4O3S2. The van der Waals surface area contributed by atoms with Crippen LogP contribution in [0.5, 0.6) is 5.75 Å². The van der Waals surface area contributed by atoms with Crippen molar-refractivity contribution in [2.45, 2.75) is 30.5 Å². The van der Waals surface area contributed by atoms with Gasteiger partial charge in [-0.2, -0.15) is 0 Å². The lowest BCUT2D eigenvalue weighted by atomic mass is 10.3. The van der Waals surface area contributed by atoms with E-state index < -0.39 is 4.92 Å². The molecule has 0 atom stereocenters. The highest BCUT2D eigenvalue weighted by Gasteiger charge is 2.29. The SMILES string of the molecule is O=[N+]([O-])c1ccccc1OCCSc1nnc(Cc2cccs2)n1C1CC1. The summed E-state index contributed by atoms with van der Waals surface area (Å²) in [4.78, 5) is 11.9. The van der Waals surface area contributed by atoms with Gasteiger partial charge in [0.2, 0.25) is 0 Å². The van der Waals surface area contributed by atoms with Crippen molar-refractivity contribution in [3.05, 3.63) is 62.6 Å². The third kappa shape index (κ3) is 4.30. The summed E-state index contributed by atoms with van der Waals surface area (Å²) in [5.74, 6) is 1.95. The number of aromatic nitrogens is 3. The fourth-order valence-corrected chi connectivity index (χ4v) is 4.35. The molecule has 2 heterocycles. The van der Waals surface area contributed by atoms with Gasteiger partial charge in [0.05, 0.1) is 11.5 Å².